The van der Waals surface area contributed by atoms with E-state index in [1.807, 2.05) is 55.5 Å². The van der Waals surface area contributed by atoms with Crippen molar-refractivity contribution in [2.24, 2.45) is 0 Å². The molecule has 3 rings (SSSR count). The Hall–Kier alpha value is -2.33. The summed E-state index contributed by atoms with van der Waals surface area (Å²) in [5.74, 6) is 0. The normalized spacial score (nSPS) is 12.3. The molecule has 0 radical (unpaired) electrons. The van der Waals surface area contributed by atoms with Crippen LogP contribution in [0.1, 0.15) is 11.1 Å². The predicted molar refractivity (Wildman–Crippen MR) is 92.3 cm³/mol. The van der Waals surface area contributed by atoms with E-state index in [4.69, 9.17) is 0 Å². The van der Waals surface area contributed by atoms with Crippen LogP contribution in [0.2, 0.25) is 0 Å². The zero-order chi connectivity index (χ0) is 15.7. The summed E-state index contributed by atoms with van der Waals surface area (Å²) in [6, 6.07) is 16.1. The van der Waals surface area contributed by atoms with Gasteiger partial charge in [0.25, 0.3) is 0 Å². The lowest BCUT2D eigenvalue weighted by atomic mass is 10.0. The summed E-state index contributed by atoms with van der Waals surface area (Å²) in [6.07, 6.45) is 2.87. The van der Waals surface area contributed by atoms with Crippen LogP contribution in [-0.4, -0.2) is 19.7 Å². The second-order valence-electron chi connectivity index (χ2n) is 5.46. The molecule has 1 aromatic heterocycles. The van der Waals surface area contributed by atoms with Crippen LogP contribution in [0.3, 0.4) is 0 Å². The number of aromatic nitrogens is 1. The van der Waals surface area contributed by atoms with E-state index in [9.17, 15) is 8.42 Å². The zero-order valence-corrected chi connectivity index (χ0v) is 13.3. The minimum absolute atomic E-state index is 0.893. The summed E-state index contributed by atoms with van der Waals surface area (Å²) >= 11 is 0. The van der Waals surface area contributed by atoms with Crippen molar-refractivity contribution in [3.8, 4) is 11.3 Å². The summed E-state index contributed by atoms with van der Waals surface area (Å²) in [6.45, 7) is 2.04. The molecule has 0 fully saturated rings. The maximum absolute atomic E-state index is 11.5. The highest BCUT2D eigenvalue weighted by Crippen LogP contribution is 2.31. The number of aromatic amines is 1. The van der Waals surface area contributed by atoms with Crippen molar-refractivity contribution in [3.63, 3.8) is 0 Å². The number of benzene rings is 2. The minimum atomic E-state index is -3.17. The third kappa shape index (κ3) is 2.97. The van der Waals surface area contributed by atoms with Crippen LogP contribution in [0.5, 0.6) is 0 Å². The van der Waals surface area contributed by atoms with Gasteiger partial charge in [-0.25, -0.2) is 8.42 Å². The maximum Gasteiger partial charge on any atom is 0.168 e. The molecule has 0 atom stereocenters. The molecule has 1 N–H and O–H groups in total. The Kier molecular flexibility index (Phi) is 3.62. The fraction of sp³-hybridized carbons (Fsp3) is 0.111. The van der Waals surface area contributed by atoms with Gasteiger partial charge in [0.15, 0.2) is 9.84 Å². The maximum atomic E-state index is 11.5. The van der Waals surface area contributed by atoms with Gasteiger partial charge in [-0.3, -0.25) is 0 Å². The number of fused-ring (bicyclic) bond motifs is 1. The van der Waals surface area contributed by atoms with Gasteiger partial charge in [-0.2, -0.15) is 0 Å². The first-order valence-electron chi connectivity index (χ1n) is 7.00. The second kappa shape index (κ2) is 5.46. The van der Waals surface area contributed by atoms with E-state index < -0.39 is 9.84 Å². The predicted octanol–water partition coefficient (Wildman–Crippen LogP) is 4.16. The summed E-state index contributed by atoms with van der Waals surface area (Å²) < 4.78 is 22.9. The Morgan fingerprint density at radius 1 is 1.00 bits per heavy atom. The number of nitrogens with one attached hydrogen (secondary N) is 1. The van der Waals surface area contributed by atoms with Crippen molar-refractivity contribution < 1.29 is 8.42 Å². The van der Waals surface area contributed by atoms with Gasteiger partial charge in [0.1, 0.15) is 0 Å². The number of para-hydroxylation sites is 1. The highest BCUT2D eigenvalue weighted by atomic mass is 32.2. The quantitative estimate of drug-likeness (QED) is 0.789. The SMILES string of the molecule is Cc1ccc(-c2[nH]c3ccccc3c2/C=C/S(C)(=O)=O)cc1. The molecule has 0 saturated heterocycles. The number of rotatable bonds is 3. The van der Waals surface area contributed by atoms with Crippen LogP contribution in [0, 0.1) is 6.92 Å². The van der Waals surface area contributed by atoms with Gasteiger partial charge in [0, 0.05) is 28.1 Å². The standard InChI is InChI=1S/C18H17NO2S/c1-13-7-9-14(10-8-13)18-16(11-12-22(2,20)21)15-5-3-4-6-17(15)19-18/h3-12,19H,1-2H3/b12-11+. The highest BCUT2D eigenvalue weighted by Gasteiger charge is 2.11. The molecule has 4 heteroatoms. The van der Waals surface area contributed by atoms with Gasteiger partial charge < -0.3 is 4.98 Å². The number of hydrogen-bond donors (Lipinski definition) is 1. The zero-order valence-electron chi connectivity index (χ0n) is 12.5. The van der Waals surface area contributed by atoms with Crippen molar-refractivity contribution >= 4 is 26.8 Å². The van der Waals surface area contributed by atoms with E-state index in [1.165, 1.54) is 17.2 Å². The van der Waals surface area contributed by atoms with Gasteiger partial charge in [-0.15, -0.1) is 0 Å². The molecule has 0 aliphatic carbocycles. The first-order chi connectivity index (χ1) is 10.4. The molecule has 0 aliphatic rings. The smallest absolute Gasteiger partial charge is 0.168 e. The third-order valence-electron chi connectivity index (χ3n) is 3.57. The molecule has 0 bridgehead atoms. The van der Waals surface area contributed by atoms with E-state index in [1.54, 1.807) is 6.08 Å². The van der Waals surface area contributed by atoms with Crippen LogP contribution in [0.4, 0.5) is 0 Å². The molecule has 112 valence electrons. The molecular weight excluding hydrogens is 294 g/mol. The van der Waals surface area contributed by atoms with E-state index in [0.29, 0.717) is 0 Å². The van der Waals surface area contributed by atoms with Gasteiger partial charge in [0.2, 0.25) is 0 Å². The van der Waals surface area contributed by atoms with E-state index >= 15 is 0 Å². The van der Waals surface area contributed by atoms with Crippen molar-refractivity contribution in [1.29, 1.82) is 0 Å². The van der Waals surface area contributed by atoms with Gasteiger partial charge in [-0.1, -0.05) is 48.0 Å². The van der Waals surface area contributed by atoms with Crippen LogP contribution < -0.4 is 0 Å². The van der Waals surface area contributed by atoms with Crippen LogP contribution in [0.25, 0.3) is 28.2 Å². The Morgan fingerprint density at radius 3 is 2.36 bits per heavy atom. The fourth-order valence-corrected chi connectivity index (χ4v) is 2.86. The topological polar surface area (TPSA) is 49.9 Å². The first kappa shape index (κ1) is 14.6. The van der Waals surface area contributed by atoms with Crippen LogP contribution in [0.15, 0.2) is 53.9 Å². The first-order valence-corrected chi connectivity index (χ1v) is 8.95. The highest BCUT2D eigenvalue weighted by molar-refractivity contribution is 7.93. The number of hydrogen-bond acceptors (Lipinski definition) is 2. The monoisotopic (exact) mass is 311 g/mol. The average Bonchev–Trinajstić information content (AvgIpc) is 2.84. The summed E-state index contributed by atoms with van der Waals surface area (Å²) in [5, 5.41) is 2.26. The van der Waals surface area contributed by atoms with E-state index in [0.717, 1.165) is 27.7 Å². The lowest BCUT2D eigenvalue weighted by Gasteiger charge is -2.02. The van der Waals surface area contributed by atoms with Gasteiger partial charge >= 0.3 is 0 Å². The number of aryl methyl sites for hydroxylation is 1. The van der Waals surface area contributed by atoms with Gasteiger partial charge in [0.05, 0.1) is 5.69 Å². The van der Waals surface area contributed by atoms with E-state index in [2.05, 4.69) is 4.98 Å². The molecule has 0 aliphatic heterocycles. The largest absolute Gasteiger partial charge is 0.354 e. The number of sulfone groups is 1. The summed E-state index contributed by atoms with van der Waals surface area (Å²) in [4.78, 5) is 3.39. The molecule has 0 amide bonds. The lowest BCUT2D eigenvalue weighted by Crippen LogP contribution is -1.88. The Labute approximate surface area is 130 Å². The number of H-pyrrole nitrogens is 1. The molecule has 22 heavy (non-hydrogen) atoms. The van der Waals surface area contributed by atoms with Gasteiger partial charge in [-0.05, 0) is 24.6 Å². The molecule has 3 aromatic rings. The van der Waals surface area contributed by atoms with Crippen molar-refractivity contribution in [2.45, 2.75) is 6.92 Å². The summed E-state index contributed by atoms with van der Waals surface area (Å²) in [5.41, 5.74) is 5.04. The average molecular weight is 311 g/mol. The molecule has 0 spiro atoms. The van der Waals surface area contributed by atoms with Crippen molar-refractivity contribution in [3.05, 3.63) is 65.1 Å². The van der Waals surface area contributed by atoms with Crippen molar-refractivity contribution in [1.82, 2.24) is 4.98 Å². The molecule has 3 nitrogen and oxygen atoms in total. The molecule has 0 saturated carbocycles. The molecule has 0 unspecified atom stereocenters. The minimum Gasteiger partial charge on any atom is -0.354 e. The molecule has 2 aromatic carbocycles. The third-order valence-corrected chi connectivity index (χ3v) is 4.20. The Balaban J connectivity index is 2.25. The molecular formula is C18H17NO2S. The Morgan fingerprint density at radius 2 is 1.68 bits per heavy atom. The lowest BCUT2D eigenvalue weighted by molar-refractivity contribution is 0.610. The van der Waals surface area contributed by atoms with Crippen LogP contribution in [-0.2, 0) is 9.84 Å². The Bertz CT molecular complexity index is 948. The van der Waals surface area contributed by atoms with Crippen LogP contribution >= 0.6 is 0 Å². The van der Waals surface area contributed by atoms with E-state index in [-0.39, 0.29) is 0 Å². The summed E-state index contributed by atoms with van der Waals surface area (Å²) in [7, 11) is -3.17. The molecule has 1 heterocycles. The fourth-order valence-electron chi connectivity index (χ4n) is 2.48. The van der Waals surface area contributed by atoms with Crippen molar-refractivity contribution in [2.75, 3.05) is 6.26 Å². The second-order valence-corrected chi connectivity index (χ2v) is 7.39.